The smallest absolute Gasteiger partial charge is 0.119 e. The first-order chi connectivity index (χ1) is 10.4. The Kier molecular flexibility index (Phi) is 6.71. The second-order valence-corrected chi connectivity index (χ2v) is 4.77. The molecule has 0 fully saturated rings. The van der Waals surface area contributed by atoms with Gasteiger partial charge in [-0.05, 0) is 29.3 Å². The molecule has 2 aromatic rings. The van der Waals surface area contributed by atoms with Gasteiger partial charge >= 0.3 is 0 Å². The molecule has 0 unspecified atom stereocenters. The van der Waals surface area contributed by atoms with Crippen LogP contribution >= 0.6 is 0 Å². The minimum atomic E-state index is 0.664. The highest BCUT2D eigenvalue weighted by atomic mass is 16.5. The molecule has 4 nitrogen and oxygen atoms in total. The van der Waals surface area contributed by atoms with E-state index in [4.69, 9.17) is 9.47 Å². The van der Waals surface area contributed by atoms with Crippen LogP contribution in [0.2, 0.25) is 0 Å². The summed E-state index contributed by atoms with van der Waals surface area (Å²) in [6, 6.07) is 12.2. The molecule has 1 aromatic carbocycles. The highest BCUT2D eigenvalue weighted by Gasteiger charge is 1.97. The molecule has 0 aliphatic heterocycles. The van der Waals surface area contributed by atoms with Gasteiger partial charge in [0.05, 0.1) is 13.2 Å². The standard InChI is InChI=1S/C17H22N2O2/c1-20-12-10-19-14-16-4-6-17(7-5-16)21-11-8-15-3-2-9-18-13-15/h2-7,9,13,19H,8,10-12,14H2,1H3. The number of nitrogens with zero attached hydrogens (tertiary/aromatic N) is 1. The SMILES string of the molecule is COCCNCc1ccc(OCCc2cccnc2)cc1. The Morgan fingerprint density at radius 3 is 2.62 bits per heavy atom. The molecule has 0 spiro atoms. The minimum absolute atomic E-state index is 0.664. The zero-order chi connectivity index (χ0) is 14.8. The van der Waals surface area contributed by atoms with Crippen LogP contribution in [0.5, 0.6) is 5.75 Å². The number of aromatic nitrogens is 1. The van der Waals surface area contributed by atoms with Gasteiger partial charge in [0.1, 0.15) is 5.75 Å². The highest BCUT2D eigenvalue weighted by molar-refractivity contribution is 5.27. The maximum Gasteiger partial charge on any atom is 0.119 e. The van der Waals surface area contributed by atoms with E-state index in [-0.39, 0.29) is 0 Å². The monoisotopic (exact) mass is 286 g/mol. The summed E-state index contributed by atoms with van der Waals surface area (Å²) in [7, 11) is 1.71. The van der Waals surface area contributed by atoms with Gasteiger partial charge in [0.25, 0.3) is 0 Å². The lowest BCUT2D eigenvalue weighted by atomic mass is 10.2. The van der Waals surface area contributed by atoms with E-state index in [9.17, 15) is 0 Å². The van der Waals surface area contributed by atoms with Crippen LogP contribution < -0.4 is 10.1 Å². The lowest BCUT2D eigenvalue weighted by Crippen LogP contribution is -2.18. The second kappa shape index (κ2) is 9.10. The molecule has 0 aliphatic carbocycles. The van der Waals surface area contributed by atoms with Crippen molar-refractivity contribution in [2.45, 2.75) is 13.0 Å². The van der Waals surface area contributed by atoms with E-state index in [0.29, 0.717) is 6.61 Å². The maximum absolute atomic E-state index is 5.74. The Balaban J connectivity index is 1.69. The quantitative estimate of drug-likeness (QED) is 0.719. The Hall–Kier alpha value is -1.91. The van der Waals surface area contributed by atoms with Crippen molar-refractivity contribution in [3.63, 3.8) is 0 Å². The van der Waals surface area contributed by atoms with Gasteiger partial charge in [0, 0.05) is 39.0 Å². The number of methoxy groups -OCH3 is 1. The average Bonchev–Trinajstić information content (AvgIpc) is 2.54. The van der Waals surface area contributed by atoms with E-state index >= 15 is 0 Å². The Bertz CT molecular complexity index is 500. The molecule has 0 atom stereocenters. The van der Waals surface area contributed by atoms with Gasteiger partial charge in [-0.3, -0.25) is 4.98 Å². The van der Waals surface area contributed by atoms with Crippen LogP contribution in [0.15, 0.2) is 48.8 Å². The fourth-order valence-electron chi connectivity index (χ4n) is 1.94. The van der Waals surface area contributed by atoms with Crippen molar-refractivity contribution in [1.29, 1.82) is 0 Å². The molecule has 1 N–H and O–H groups in total. The van der Waals surface area contributed by atoms with Crippen molar-refractivity contribution >= 4 is 0 Å². The van der Waals surface area contributed by atoms with Gasteiger partial charge in [0.2, 0.25) is 0 Å². The number of benzene rings is 1. The number of hydrogen-bond donors (Lipinski definition) is 1. The first-order valence-corrected chi connectivity index (χ1v) is 7.19. The molecule has 1 heterocycles. The summed E-state index contributed by atoms with van der Waals surface area (Å²) >= 11 is 0. The summed E-state index contributed by atoms with van der Waals surface area (Å²) in [5, 5.41) is 3.31. The maximum atomic E-state index is 5.74. The van der Waals surface area contributed by atoms with Crippen molar-refractivity contribution in [2.24, 2.45) is 0 Å². The predicted octanol–water partition coefficient (Wildman–Crippen LogP) is 2.44. The summed E-state index contributed by atoms with van der Waals surface area (Å²) in [5.41, 5.74) is 2.43. The molecule has 0 radical (unpaired) electrons. The molecule has 21 heavy (non-hydrogen) atoms. The van der Waals surface area contributed by atoms with Crippen LogP contribution in [-0.4, -0.2) is 31.9 Å². The van der Waals surface area contributed by atoms with Crippen molar-refractivity contribution in [3.8, 4) is 5.75 Å². The summed E-state index contributed by atoms with van der Waals surface area (Å²) in [6.45, 7) is 3.10. The molecule has 2 rings (SSSR count). The van der Waals surface area contributed by atoms with Crippen molar-refractivity contribution in [3.05, 3.63) is 59.9 Å². The zero-order valence-corrected chi connectivity index (χ0v) is 12.4. The Morgan fingerprint density at radius 2 is 1.90 bits per heavy atom. The zero-order valence-electron chi connectivity index (χ0n) is 12.4. The van der Waals surface area contributed by atoms with Gasteiger partial charge in [-0.25, -0.2) is 0 Å². The third kappa shape index (κ3) is 5.94. The third-order valence-corrected chi connectivity index (χ3v) is 3.12. The van der Waals surface area contributed by atoms with E-state index in [0.717, 1.165) is 31.9 Å². The molecule has 0 amide bonds. The number of nitrogens with one attached hydrogen (secondary N) is 1. The van der Waals surface area contributed by atoms with Crippen molar-refractivity contribution in [2.75, 3.05) is 26.9 Å². The van der Waals surface area contributed by atoms with Crippen LogP contribution in [0.4, 0.5) is 0 Å². The van der Waals surface area contributed by atoms with Crippen LogP contribution in [-0.2, 0) is 17.7 Å². The first kappa shape index (κ1) is 15.5. The van der Waals surface area contributed by atoms with Crippen LogP contribution in [0.1, 0.15) is 11.1 Å². The first-order valence-electron chi connectivity index (χ1n) is 7.19. The van der Waals surface area contributed by atoms with Gasteiger partial charge in [-0.15, -0.1) is 0 Å². The average molecular weight is 286 g/mol. The normalized spacial score (nSPS) is 10.5. The van der Waals surface area contributed by atoms with E-state index in [1.165, 1.54) is 11.1 Å². The second-order valence-electron chi connectivity index (χ2n) is 4.77. The van der Waals surface area contributed by atoms with Gasteiger partial charge in [0.15, 0.2) is 0 Å². The molecular weight excluding hydrogens is 264 g/mol. The van der Waals surface area contributed by atoms with Crippen LogP contribution in [0, 0.1) is 0 Å². The Labute approximate surface area is 126 Å². The molecule has 1 aromatic heterocycles. The number of hydrogen-bond acceptors (Lipinski definition) is 4. The fourth-order valence-corrected chi connectivity index (χ4v) is 1.94. The molecule has 0 aliphatic rings. The highest BCUT2D eigenvalue weighted by Crippen LogP contribution is 2.12. The number of pyridine rings is 1. The fraction of sp³-hybridized carbons (Fsp3) is 0.353. The molecular formula is C17H22N2O2. The summed E-state index contributed by atoms with van der Waals surface area (Å²) < 4.78 is 10.7. The van der Waals surface area contributed by atoms with Crippen molar-refractivity contribution < 1.29 is 9.47 Å². The lowest BCUT2D eigenvalue weighted by molar-refractivity contribution is 0.199. The lowest BCUT2D eigenvalue weighted by Gasteiger charge is -2.08. The van der Waals surface area contributed by atoms with E-state index in [2.05, 4.69) is 28.5 Å². The minimum Gasteiger partial charge on any atom is -0.493 e. The van der Waals surface area contributed by atoms with E-state index < -0.39 is 0 Å². The number of rotatable bonds is 9. The summed E-state index contributed by atoms with van der Waals surface area (Å²) in [4.78, 5) is 4.09. The summed E-state index contributed by atoms with van der Waals surface area (Å²) in [6.07, 6.45) is 4.52. The molecule has 4 heteroatoms. The van der Waals surface area contributed by atoms with Crippen molar-refractivity contribution in [1.82, 2.24) is 10.3 Å². The number of ether oxygens (including phenoxy) is 2. The van der Waals surface area contributed by atoms with Crippen LogP contribution in [0.25, 0.3) is 0 Å². The topological polar surface area (TPSA) is 43.4 Å². The van der Waals surface area contributed by atoms with Gasteiger partial charge in [-0.1, -0.05) is 18.2 Å². The Morgan fingerprint density at radius 1 is 1.05 bits per heavy atom. The van der Waals surface area contributed by atoms with Gasteiger partial charge < -0.3 is 14.8 Å². The largest absolute Gasteiger partial charge is 0.493 e. The van der Waals surface area contributed by atoms with E-state index in [1.54, 1.807) is 13.3 Å². The molecule has 0 bridgehead atoms. The molecule has 0 saturated carbocycles. The van der Waals surface area contributed by atoms with Gasteiger partial charge in [-0.2, -0.15) is 0 Å². The molecule has 0 saturated heterocycles. The third-order valence-electron chi connectivity index (χ3n) is 3.12. The van der Waals surface area contributed by atoms with E-state index in [1.807, 2.05) is 24.4 Å². The predicted molar refractivity (Wildman–Crippen MR) is 83.5 cm³/mol. The summed E-state index contributed by atoms with van der Waals surface area (Å²) in [5.74, 6) is 0.902. The van der Waals surface area contributed by atoms with Crippen LogP contribution in [0.3, 0.4) is 0 Å². The molecule has 112 valence electrons.